The van der Waals surface area contributed by atoms with Crippen LogP contribution in [-0.4, -0.2) is 18.6 Å². The van der Waals surface area contributed by atoms with E-state index in [1.54, 1.807) is 0 Å². The van der Waals surface area contributed by atoms with Crippen molar-refractivity contribution in [2.45, 2.75) is 25.8 Å². The SMILES string of the molecule is CCOC(=O)[C@H]1CC=C[C@@H](N)C1. The molecule has 1 rings (SSSR count). The van der Waals surface area contributed by atoms with Gasteiger partial charge < -0.3 is 10.5 Å². The summed E-state index contributed by atoms with van der Waals surface area (Å²) in [6.07, 6.45) is 5.38. The molecule has 0 spiro atoms. The predicted octanol–water partition coefficient (Wildman–Crippen LogP) is 0.843. The number of ether oxygens (including phenoxy) is 1. The molecule has 0 aliphatic heterocycles. The highest BCUT2D eigenvalue weighted by Gasteiger charge is 2.22. The summed E-state index contributed by atoms with van der Waals surface area (Å²) in [6, 6.07) is 0.0214. The molecule has 0 saturated heterocycles. The van der Waals surface area contributed by atoms with Crippen molar-refractivity contribution >= 4 is 5.97 Å². The molecule has 0 aromatic heterocycles. The second-order valence-electron chi connectivity index (χ2n) is 3.01. The average molecular weight is 169 g/mol. The van der Waals surface area contributed by atoms with Crippen molar-refractivity contribution in [3.63, 3.8) is 0 Å². The van der Waals surface area contributed by atoms with E-state index >= 15 is 0 Å². The van der Waals surface area contributed by atoms with E-state index in [0.717, 1.165) is 12.8 Å². The van der Waals surface area contributed by atoms with E-state index in [-0.39, 0.29) is 17.9 Å². The van der Waals surface area contributed by atoms with Crippen LogP contribution in [0.5, 0.6) is 0 Å². The molecule has 0 saturated carbocycles. The van der Waals surface area contributed by atoms with Crippen molar-refractivity contribution in [1.82, 2.24) is 0 Å². The largest absolute Gasteiger partial charge is 0.466 e. The Kier molecular flexibility index (Phi) is 3.29. The Morgan fingerprint density at radius 3 is 3.08 bits per heavy atom. The smallest absolute Gasteiger partial charge is 0.309 e. The highest BCUT2D eigenvalue weighted by Crippen LogP contribution is 2.18. The number of rotatable bonds is 2. The standard InChI is InChI=1S/C9H15NO2/c1-2-12-9(11)7-4-3-5-8(10)6-7/h3,5,7-8H,2,4,6,10H2,1H3/t7-,8+/m0/s1. The zero-order valence-electron chi connectivity index (χ0n) is 7.32. The summed E-state index contributed by atoms with van der Waals surface area (Å²) < 4.78 is 4.90. The average Bonchev–Trinajstić information content (AvgIpc) is 2.05. The third-order valence-electron chi connectivity index (χ3n) is 1.98. The summed E-state index contributed by atoms with van der Waals surface area (Å²) in [6.45, 7) is 2.27. The molecule has 0 aromatic rings. The van der Waals surface area contributed by atoms with Gasteiger partial charge in [0.05, 0.1) is 12.5 Å². The lowest BCUT2D eigenvalue weighted by Crippen LogP contribution is -2.29. The molecule has 0 fully saturated rings. The lowest BCUT2D eigenvalue weighted by Gasteiger charge is -2.20. The van der Waals surface area contributed by atoms with Gasteiger partial charge >= 0.3 is 5.97 Å². The monoisotopic (exact) mass is 169 g/mol. The number of esters is 1. The van der Waals surface area contributed by atoms with Crippen molar-refractivity contribution in [3.8, 4) is 0 Å². The third-order valence-corrected chi connectivity index (χ3v) is 1.98. The number of carbonyl (C=O) groups excluding carboxylic acids is 1. The number of allylic oxidation sites excluding steroid dienone is 1. The van der Waals surface area contributed by atoms with Crippen LogP contribution in [0.2, 0.25) is 0 Å². The third kappa shape index (κ3) is 2.34. The Morgan fingerprint density at radius 2 is 2.50 bits per heavy atom. The molecule has 1 aliphatic carbocycles. The maximum absolute atomic E-state index is 11.2. The van der Waals surface area contributed by atoms with Crippen LogP contribution in [0.4, 0.5) is 0 Å². The summed E-state index contributed by atoms with van der Waals surface area (Å²) in [5.41, 5.74) is 5.66. The second kappa shape index (κ2) is 4.26. The summed E-state index contributed by atoms with van der Waals surface area (Å²) in [5, 5.41) is 0. The molecule has 12 heavy (non-hydrogen) atoms. The van der Waals surface area contributed by atoms with E-state index in [2.05, 4.69) is 0 Å². The summed E-state index contributed by atoms with van der Waals surface area (Å²) in [5.74, 6) is -0.137. The fourth-order valence-corrected chi connectivity index (χ4v) is 1.37. The van der Waals surface area contributed by atoms with Crippen LogP contribution in [0.15, 0.2) is 12.2 Å². The molecule has 0 heterocycles. The zero-order valence-corrected chi connectivity index (χ0v) is 7.32. The highest BCUT2D eigenvalue weighted by atomic mass is 16.5. The molecule has 0 radical (unpaired) electrons. The lowest BCUT2D eigenvalue weighted by atomic mass is 9.92. The van der Waals surface area contributed by atoms with E-state index in [1.165, 1.54) is 0 Å². The van der Waals surface area contributed by atoms with Crippen molar-refractivity contribution in [2.75, 3.05) is 6.61 Å². The molecule has 2 atom stereocenters. The van der Waals surface area contributed by atoms with E-state index in [1.807, 2.05) is 19.1 Å². The van der Waals surface area contributed by atoms with Crippen molar-refractivity contribution in [1.29, 1.82) is 0 Å². The van der Waals surface area contributed by atoms with Gasteiger partial charge in [0, 0.05) is 6.04 Å². The summed E-state index contributed by atoms with van der Waals surface area (Å²) in [4.78, 5) is 11.2. The molecule has 0 amide bonds. The van der Waals surface area contributed by atoms with Gasteiger partial charge in [-0.3, -0.25) is 4.79 Å². The summed E-state index contributed by atoms with van der Waals surface area (Å²) in [7, 11) is 0. The zero-order chi connectivity index (χ0) is 8.97. The first-order valence-corrected chi connectivity index (χ1v) is 4.33. The molecular formula is C9H15NO2. The predicted molar refractivity (Wildman–Crippen MR) is 46.5 cm³/mol. The number of carbonyl (C=O) groups is 1. The molecule has 2 N–H and O–H groups in total. The normalized spacial score (nSPS) is 28.5. The lowest BCUT2D eigenvalue weighted by molar-refractivity contribution is -0.148. The van der Waals surface area contributed by atoms with E-state index < -0.39 is 0 Å². The highest BCUT2D eigenvalue weighted by molar-refractivity contribution is 5.73. The van der Waals surface area contributed by atoms with Crippen LogP contribution >= 0.6 is 0 Å². The van der Waals surface area contributed by atoms with Crippen molar-refractivity contribution < 1.29 is 9.53 Å². The maximum Gasteiger partial charge on any atom is 0.309 e. The molecule has 68 valence electrons. The van der Waals surface area contributed by atoms with E-state index in [9.17, 15) is 4.79 Å². The Bertz CT molecular complexity index is 189. The van der Waals surface area contributed by atoms with Gasteiger partial charge in [0.2, 0.25) is 0 Å². The van der Waals surface area contributed by atoms with Gasteiger partial charge in [0.15, 0.2) is 0 Å². The molecule has 0 unspecified atom stereocenters. The van der Waals surface area contributed by atoms with Crippen LogP contribution in [0.1, 0.15) is 19.8 Å². The fourth-order valence-electron chi connectivity index (χ4n) is 1.37. The number of hydrogen-bond acceptors (Lipinski definition) is 3. The topological polar surface area (TPSA) is 52.3 Å². The molecule has 3 heteroatoms. The van der Waals surface area contributed by atoms with Crippen molar-refractivity contribution in [2.24, 2.45) is 11.7 Å². The molecule has 0 bridgehead atoms. The Morgan fingerprint density at radius 1 is 1.75 bits per heavy atom. The van der Waals surface area contributed by atoms with Gasteiger partial charge in [-0.15, -0.1) is 0 Å². The Labute approximate surface area is 72.6 Å². The van der Waals surface area contributed by atoms with Crippen molar-refractivity contribution in [3.05, 3.63) is 12.2 Å². The van der Waals surface area contributed by atoms with Crippen LogP contribution in [-0.2, 0) is 9.53 Å². The van der Waals surface area contributed by atoms with Gasteiger partial charge in [-0.05, 0) is 19.8 Å². The minimum Gasteiger partial charge on any atom is -0.466 e. The van der Waals surface area contributed by atoms with Gasteiger partial charge in [0.1, 0.15) is 0 Å². The Balaban J connectivity index is 2.43. The van der Waals surface area contributed by atoms with Crippen LogP contribution in [0, 0.1) is 5.92 Å². The first kappa shape index (κ1) is 9.26. The molecule has 1 aliphatic rings. The maximum atomic E-state index is 11.2. The van der Waals surface area contributed by atoms with Crippen LogP contribution in [0.25, 0.3) is 0 Å². The van der Waals surface area contributed by atoms with Crippen LogP contribution < -0.4 is 5.73 Å². The van der Waals surface area contributed by atoms with Gasteiger partial charge in [0.25, 0.3) is 0 Å². The van der Waals surface area contributed by atoms with E-state index in [4.69, 9.17) is 10.5 Å². The minimum absolute atomic E-state index is 0.0214. The van der Waals surface area contributed by atoms with Gasteiger partial charge in [-0.2, -0.15) is 0 Å². The van der Waals surface area contributed by atoms with Crippen LogP contribution in [0.3, 0.4) is 0 Å². The Hall–Kier alpha value is -0.830. The first-order chi connectivity index (χ1) is 5.74. The van der Waals surface area contributed by atoms with E-state index in [0.29, 0.717) is 6.61 Å². The minimum atomic E-state index is -0.114. The van der Waals surface area contributed by atoms with Gasteiger partial charge in [-0.25, -0.2) is 0 Å². The second-order valence-corrected chi connectivity index (χ2v) is 3.01. The summed E-state index contributed by atoms with van der Waals surface area (Å²) >= 11 is 0. The first-order valence-electron chi connectivity index (χ1n) is 4.33. The quantitative estimate of drug-likeness (QED) is 0.492. The molecule has 3 nitrogen and oxygen atoms in total. The van der Waals surface area contributed by atoms with Gasteiger partial charge in [-0.1, -0.05) is 12.2 Å². The fraction of sp³-hybridized carbons (Fsp3) is 0.667. The number of nitrogens with two attached hydrogens (primary N) is 1. The molecular weight excluding hydrogens is 154 g/mol. The molecule has 0 aromatic carbocycles. The number of hydrogen-bond donors (Lipinski definition) is 1.